The minimum Gasteiger partial charge on any atom is -0.481 e. The fraction of sp³-hybridized carbons (Fsp3) is 0.125. The zero-order valence-electron chi connectivity index (χ0n) is 7.31. The second-order valence-electron chi connectivity index (χ2n) is 2.63. The molecule has 0 unspecified atom stereocenters. The number of nitrogens with zero attached hydrogens (tertiary/aromatic N) is 3. The first-order chi connectivity index (χ1) is 7.06. The van der Waals surface area contributed by atoms with Gasteiger partial charge < -0.3 is 5.11 Å². The molecule has 0 saturated carbocycles. The van der Waals surface area contributed by atoms with Crippen LogP contribution in [0.3, 0.4) is 0 Å². The molecule has 0 aromatic heterocycles. The summed E-state index contributed by atoms with van der Waals surface area (Å²) in [4.78, 5) is 12.6. The number of aliphatic carboxylic acids is 1. The van der Waals surface area contributed by atoms with Crippen molar-refractivity contribution < 1.29 is 18.7 Å². The van der Waals surface area contributed by atoms with Crippen LogP contribution in [0.1, 0.15) is 5.56 Å². The monoisotopic (exact) mass is 213 g/mol. The zero-order valence-corrected chi connectivity index (χ0v) is 7.31. The van der Waals surface area contributed by atoms with E-state index in [0.29, 0.717) is 0 Å². The van der Waals surface area contributed by atoms with Gasteiger partial charge in [-0.3, -0.25) is 4.79 Å². The summed E-state index contributed by atoms with van der Waals surface area (Å²) >= 11 is 0. The van der Waals surface area contributed by atoms with Gasteiger partial charge in [0.2, 0.25) is 0 Å². The molecular weight excluding hydrogens is 208 g/mol. The van der Waals surface area contributed by atoms with Crippen molar-refractivity contribution >= 4 is 11.7 Å². The predicted octanol–water partition coefficient (Wildman–Crippen LogP) is 2.53. The van der Waals surface area contributed by atoms with Crippen LogP contribution in [0.25, 0.3) is 10.4 Å². The fourth-order valence-corrected chi connectivity index (χ4v) is 1.00. The smallest absolute Gasteiger partial charge is 0.307 e. The lowest BCUT2D eigenvalue weighted by atomic mass is 10.1. The number of carboxylic acid groups (broad SMARTS) is 1. The maximum absolute atomic E-state index is 13.1. The topological polar surface area (TPSA) is 86.1 Å². The van der Waals surface area contributed by atoms with Crippen molar-refractivity contribution in [3.8, 4) is 0 Å². The molecule has 0 saturated heterocycles. The molecule has 0 bridgehead atoms. The van der Waals surface area contributed by atoms with Gasteiger partial charge in [0.1, 0.15) is 0 Å². The number of halogens is 2. The normalized spacial score (nSPS) is 9.47. The Morgan fingerprint density at radius 2 is 2.13 bits per heavy atom. The molecule has 0 atom stereocenters. The van der Waals surface area contributed by atoms with Crippen molar-refractivity contribution in [3.63, 3.8) is 0 Å². The molecule has 0 spiro atoms. The highest BCUT2D eigenvalue weighted by atomic mass is 19.2. The van der Waals surface area contributed by atoms with Gasteiger partial charge in [-0.2, -0.15) is 0 Å². The van der Waals surface area contributed by atoms with Crippen LogP contribution in [0.2, 0.25) is 0 Å². The van der Waals surface area contributed by atoms with Gasteiger partial charge in [-0.05, 0) is 11.6 Å². The van der Waals surface area contributed by atoms with Gasteiger partial charge in [-0.1, -0.05) is 11.2 Å². The third-order valence-electron chi connectivity index (χ3n) is 1.64. The number of hydrogen-bond acceptors (Lipinski definition) is 2. The van der Waals surface area contributed by atoms with E-state index in [4.69, 9.17) is 10.6 Å². The molecule has 1 aromatic rings. The van der Waals surface area contributed by atoms with Crippen LogP contribution < -0.4 is 0 Å². The molecule has 1 N–H and O–H groups in total. The second-order valence-corrected chi connectivity index (χ2v) is 2.63. The Labute approximate surface area is 82.6 Å². The van der Waals surface area contributed by atoms with Crippen molar-refractivity contribution in [2.45, 2.75) is 6.42 Å². The van der Waals surface area contributed by atoms with Gasteiger partial charge in [0.05, 0.1) is 12.1 Å². The first-order valence-corrected chi connectivity index (χ1v) is 3.80. The second kappa shape index (κ2) is 4.39. The molecule has 1 rings (SSSR count). The SMILES string of the molecule is [N-]=[N+]=Nc1ccc(CC(=O)O)c(F)c1F. The van der Waals surface area contributed by atoms with Gasteiger partial charge in [-0.25, -0.2) is 8.78 Å². The lowest BCUT2D eigenvalue weighted by Crippen LogP contribution is -2.03. The molecular formula is C8H5F2N3O2. The summed E-state index contributed by atoms with van der Waals surface area (Å²) in [5.74, 6) is -3.92. The van der Waals surface area contributed by atoms with Gasteiger partial charge >= 0.3 is 5.97 Å². The molecule has 1 aromatic carbocycles. The molecule has 0 radical (unpaired) electrons. The van der Waals surface area contributed by atoms with E-state index in [2.05, 4.69) is 10.0 Å². The first-order valence-electron chi connectivity index (χ1n) is 3.80. The number of carboxylic acids is 1. The molecule has 0 aliphatic heterocycles. The van der Waals surface area contributed by atoms with Gasteiger partial charge in [0.25, 0.3) is 0 Å². The summed E-state index contributed by atoms with van der Waals surface area (Å²) < 4.78 is 26.2. The third-order valence-corrected chi connectivity index (χ3v) is 1.64. The Kier molecular flexibility index (Phi) is 3.20. The van der Waals surface area contributed by atoms with E-state index in [1.807, 2.05) is 0 Å². The van der Waals surface area contributed by atoms with Crippen molar-refractivity contribution in [2.75, 3.05) is 0 Å². The van der Waals surface area contributed by atoms with Crippen LogP contribution in [-0.2, 0) is 11.2 Å². The number of rotatable bonds is 3. The molecule has 0 aliphatic rings. The molecule has 0 heterocycles. The summed E-state index contributed by atoms with van der Waals surface area (Å²) in [6.45, 7) is 0. The third kappa shape index (κ3) is 2.41. The first kappa shape index (κ1) is 10.9. The Morgan fingerprint density at radius 3 is 2.67 bits per heavy atom. The number of benzene rings is 1. The summed E-state index contributed by atoms with van der Waals surface area (Å²) in [5, 5.41) is 11.3. The van der Waals surface area contributed by atoms with Crippen LogP contribution in [0, 0.1) is 11.6 Å². The van der Waals surface area contributed by atoms with Crippen LogP contribution in [0.4, 0.5) is 14.5 Å². The van der Waals surface area contributed by atoms with Crippen molar-refractivity contribution in [2.24, 2.45) is 5.11 Å². The van der Waals surface area contributed by atoms with Crippen LogP contribution >= 0.6 is 0 Å². The maximum Gasteiger partial charge on any atom is 0.307 e. The zero-order chi connectivity index (χ0) is 11.4. The molecule has 78 valence electrons. The van der Waals surface area contributed by atoms with E-state index in [1.165, 1.54) is 0 Å². The maximum atomic E-state index is 13.1. The Bertz CT molecular complexity index is 455. The van der Waals surface area contributed by atoms with E-state index in [1.54, 1.807) is 0 Å². The molecule has 7 heteroatoms. The van der Waals surface area contributed by atoms with E-state index in [0.717, 1.165) is 12.1 Å². The standard InChI is InChI=1S/C8H5F2N3O2/c9-7-4(3-6(14)15)1-2-5(8(7)10)12-13-11/h1-2H,3H2,(H,14,15). The summed E-state index contributed by atoms with van der Waals surface area (Å²) in [6.07, 6.45) is -0.626. The minimum absolute atomic E-state index is 0.295. The Morgan fingerprint density at radius 1 is 1.47 bits per heavy atom. The summed E-state index contributed by atoms with van der Waals surface area (Å²) in [6, 6.07) is 2.09. The number of azide groups is 1. The van der Waals surface area contributed by atoms with Gasteiger partial charge in [0, 0.05) is 10.5 Å². The van der Waals surface area contributed by atoms with E-state index < -0.39 is 29.7 Å². The average Bonchev–Trinajstić information content (AvgIpc) is 2.17. The lowest BCUT2D eigenvalue weighted by molar-refractivity contribution is -0.136. The van der Waals surface area contributed by atoms with E-state index in [9.17, 15) is 13.6 Å². The molecule has 5 nitrogen and oxygen atoms in total. The van der Waals surface area contributed by atoms with Crippen molar-refractivity contribution in [3.05, 3.63) is 39.8 Å². The van der Waals surface area contributed by atoms with Crippen LogP contribution in [0.15, 0.2) is 17.2 Å². The predicted molar refractivity (Wildman–Crippen MR) is 46.5 cm³/mol. The quantitative estimate of drug-likeness (QED) is 0.475. The highest BCUT2D eigenvalue weighted by Crippen LogP contribution is 2.23. The lowest BCUT2D eigenvalue weighted by Gasteiger charge is -2.02. The summed E-state index contributed by atoms with van der Waals surface area (Å²) in [5.41, 5.74) is 7.23. The van der Waals surface area contributed by atoms with E-state index >= 15 is 0 Å². The fourth-order valence-electron chi connectivity index (χ4n) is 1.00. The molecule has 0 fully saturated rings. The largest absolute Gasteiger partial charge is 0.481 e. The molecule has 15 heavy (non-hydrogen) atoms. The number of hydrogen-bond donors (Lipinski definition) is 1. The van der Waals surface area contributed by atoms with E-state index in [-0.39, 0.29) is 5.56 Å². The summed E-state index contributed by atoms with van der Waals surface area (Å²) in [7, 11) is 0. The van der Waals surface area contributed by atoms with Crippen LogP contribution in [-0.4, -0.2) is 11.1 Å². The molecule has 0 aliphatic carbocycles. The Balaban J connectivity index is 3.20. The Hall–Kier alpha value is -2.14. The van der Waals surface area contributed by atoms with Gasteiger partial charge in [-0.15, -0.1) is 0 Å². The minimum atomic E-state index is -1.34. The van der Waals surface area contributed by atoms with Crippen molar-refractivity contribution in [1.82, 2.24) is 0 Å². The van der Waals surface area contributed by atoms with Gasteiger partial charge in [0.15, 0.2) is 11.6 Å². The highest BCUT2D eigenvalue weighted by Gasteiger charge is 2.14. The average molecular weight is 213 g/mol. The number of carbonyl (C=O) groups is 1. The highest BCUT2D eigenvalue weighted by molar-refractivity contribution is 5.70. The van der Waals surface area contributed by atoms with Crippen LogP contribution in [0.5, 0.6) is 0 Å². The van der Waals surface area contributed by atoms with Crippen molar-refractivity contribution in [1.29, 1.82) is 0 Å². The molecule has 0 amide bonds.